The van der Waals surface area contributed by atoms with Gasteiger partial charge in [0.2, 0.25) is 0 Å². The van der Waals surface area contributed by atoms with E-state index in [0.717, 1.165) is 20.7 Å². The molecule has 0 aliphatic carbocycles. The van der Waals surface area contributed by atoms with Crippen LogP contribution in [0.2, 0.25) is 0 Å². The van der Waals surface area contributed by atoms with Gasteiger partial charge in [-0.1, -0.05) is 12.1 Å². The number of ether oxygens (including phenoxy) is 1. The Morgan fingerprint density at radius 2 is 2.06 bits per heavy atom. The van der Waals surface area contributed by atoms with E-state index in [1.807, 2.05) is 31.2 Å². The van der Waals surface area contributed by atoms with Crippen LogP contribution in [-0.2, 0) is 0 Å². The van der Waals surface area contributed by atoms with Gasteiger partial charge in [-0.2, -0.15) is 0 Å². The molecular weight excluding hydrogens is 312 g/mol. The van der Waals surface area contributed by atoms with Gasteiger partial charge in [0.1, 0.15) is 5.75 Å². The molecule has 2 aromatic rings. The van der Waals surface area contributed by atoms with Crippen molar-refractivity contribution >= 4 is 27.3 Å². The maximum absolute atomic E-state index is 5.65. The fourth-order valence-corrected chi connectivity index (χ4v) is 2.98. The summed E-state index contributed by atoms with van der Waals surface area (Å²) >= 11 is 5.11. The molecule has 0 radical (unpaired) electrons. The Hall–Kier alpha value is -0.880. The second kappa shape index (κ2) is 6.33. The minimum Gasteiger partial charge on any atom is -0.494 e. The van der Waals surface area contributed by atoms with Crippen LogP contribution in [0, 0.1) is 0 Å². The molecule has 1 unspecified atom stereocenters. The van der Waals surface area contributed by atoms with Gasteiger partial charge in [-0.25, -0.2) is 5.43 Å². The number of nitrogens with two attached hydrogens (primary N) is 1. The van der Waals surface area contributed by atoms with Crippen LogP contribution in [0.15, 0.2) is 39.5 Å². The fourth-order valence-electron chi connectivity index (χ4n) is 1.78. The lowest BCUT2D eigenvalue weighted by atomic mass is 10.0. The van der Waals surface area contributed by atoms with Gasteiger partial charge in [0.25, 0.3) is 0 Å². The molecular formula is C13H15BrN2OS. The highest BCUT2D eigenvalue weighted by Crippen LogP contribution is 2.29. The molecule has 5 heteroatoms. The summed E-state index contributed by atoms with van der Waals surface area (Å²) in [6.45, 7) is 2.65. The van der Waals surface area contributed by atoms with E-state index in [-0.39, 0.29) is 6.04 Å². The molecule has 0 aliphatic rings. The Kier molecular flexibility index (Phi) is 4.77. The van der Waals surface area contributed by atoms with E-state index >= 15 is 0 Å². The Morgan fingerprint density at radius 3 is 2.56 bits per heavy atom. The maximum atomic E-state index is 5.65. The Labute approximate surface area is 119 Å². The lowest BCUT2D eigenvalue weighted by Crippen LogP contribution is -2.28. The van der Waals surface area contributed by atoms with Crippen molar-refractivity contribution in [2.24, 2.45) is 5.84 Å². The highest BCUT2D eigenvalue weighted by atomic mass is 79.9. The zero-order valence-corrected chi connectivity index (χ0v) is 12.4. The molecule has 3 N–H and O–H groups in total. The molecule has 96 valence electrons. The van der Waals surface area contributed by atoms with E-state index in [9.17, 15) is 0 Å². The Bertz CT molecular complexity index is 498. The van der Waals surface area contributed by atoms with E-state index in [1.54, 1.807) is 11.3 Å². The normalized spacial score (nSPS) is 12.4. The zero-order chi connectivity index (χ0) is 13.0. The molecule has 0 fully saturated rings. The van der Waals surface area contributed by atoms with Crippen LogP contribution in [0.25, 0.3) is 0 Å². The average Bonchev–Trinajstić information content (AvgIpc) is 2.79. The average molecular weight is 327 g/mol. The van der Waals surface area contributed by atoms with Crippen molar-refractivity contribution in [1.82, 2.24) is 5.43 Å². The smallest absolute Gasteiger partial charge is 0.119 e. The molecule has 0 amide bonds. The first-order valence-electron chi connectivity index (χ1n) is 5.67. The predicted octanol–water partition coefficient (Wildman–Crippen LogP) is 3.46. The highest BCUT2D eigenvalue weighted by molar-refractivity contribution is 9.11. The molecule has 1 aromatic heterocycles. The molecule has 0 saturated carbocycles. The third-order valence-corrected chi connectivity index (χ3v) is 4.13. The van der Waals surface area contributed by atoms with E-state index in [2.05, 4.69) is 32.8 Å². The lowest BCUT2D eigenvalue weighted by molar-refractivity contribution is 0.340. The summed E-state index contributed by atoms with van der Waals surface area (Å²) < 4.78 is 6.53. The number of hydrogen-bond acceptors (Lipinski definition) is 4. The molecule has 1 heterocycles. The van der Waals surface area contributed by atoms with Crippen LogP contribution >= 0.6 is 27.3 Å². The van der Waals surface area contributed by atoms with Gasteiger partial charge in [0.05, 0.1) is 16.4 Å². The Balaban J connectivity index is 2.22. The largest absolute Gasteiger partial charge is 0.494 e. The molecule has 0 aliphatic heterocycles. The van der Waals surface area contributed by atoms with Crippen molar-refractivity contribution in [3.8, 4) is 5.75 Å². The van der Waals surface area contributed by atoms with Gasteiger partial charge in [0.15, 0.2) is 0 Å². The number of thiophene rings is 1. The Morgan fingerprint density at radius 1 is 1.33 bits per heavy atom. The summed E-state index contributed by atoms with van der Waals surface area (Å²) in [6, 6.07) is 10.1. The molecule has 2 rings (SSSR count). The van der Waals surface area contributed by atoms with Gasteiger partial charge in [-0.3, -0.25) is 5.84 Å². The third-order valence-electron chi connectivity index (χ3n) is 2.61. The van der Waals surface area contributed by atoms with Crippen LogP contribution in [0.1, 0.15) is 24.1 Å². The molecule has 0 bridgehead atoms. The van der Waals surface area contributed by atoms with Crippen molar-refractivity contribution in [2.75, 3.05) is 6.61 Å². The van der Waals surface area contributed by atoms with Crippen molar-refractivity contribution in [1.29, 1.82) is 0 Å². The lowest BCUT2D eigenvalue weighted by Gasteiger charge is -2.15. The van der Waals surface area contributed by atoms with Crippen LogP contribution in [0.3, 0.4) is 0 Å². The van der Waals surface area contributed by atoms with Crippen molar-refractivity contribution < 1.29 is 4.74 Å². The first-order valence-corrected chi connectivity index (χ1v) is 7.34. The number of benzene rings is 1. The summed E-state index contributed by atoms with van der Waals surface area (Å²) in [5.41, 5.74) is 5.11. The van der Waals surface area contributed by atoms with Crippen molar-refractivity contribution in [3.63, 3.8) is 0 Å². The van der Waals surface area contributed by atoms with Gasteiger partial charge in [-0.15, -0.1) is 11.3 Å². The monoisotopic (exact) mass is 326 g/mol. The van der Waals surface area contributed by atoms with Crippen LogP contribution < -0.4 is 16.0 Å². The molecule has 1 atom stereocenters. The number of hydrazine groups is 1. The fraction of sp³-hybridized carbons (Fsp3) is 0.231. The minimum atomic E-state index is 0.00299. The molecule has 1 aromatic carbocycles. The minimum absolute atomic E-state index is 0.00299. The summed E-state index contributed by atoms with van der Waals surface area (Å²) in [5.74, 6) is 6.53. The van der Waals surface area contributed by atoms with E-state index < -0.39 is 0 Å². The summed E-state index contributed by atoms with van der Waals surface area (Å²) in [5, 5.41) is 2.09. The van der Waals surface area contributed by atoms with E-state index in [1.165, 1.54) is 0 Å². The zero-order valence-electron chi connectivity index (χ0n) is 10.0. The number of nitrogens with one attached hydrogen (secondary N) is 1. The number of hydrogen-bond donors (Lipinski definition) is 2. The van der Waals surface area contributed by atoms with E-state index in [0.29, 0.717) is 6.61 Å². The molecule has 3 nitrogen and oxygen atoms in total. The van der Waals surface area contributed by atoms with Crippen molar-refractivity contribution in [2.45, 2.75) is 13.0 Å². The predicted molar refractivity (Wildman–Crippen MR) is 78.8 cm³/mol. The summed E-state index contributed by atoms with van der Waals surface area (Å²) in [4.78, 5) is 0. The third kappa shape index (κ3) is 3.11. The van der Waals surface area contributed by atoms with Crippen molar-refractivity contribution in [3.05, 3.63) is 50.6 Å². The van der Waals surface area contributed by atoms with Crippen LogP contribution in [-0.4, -0.2) is 6.61 Å². The molecule has 18 heavy (non-hydrogen) atoms. The number of rotatable bonds is 5. The standard InChI is InChI=1S/C13H15BrN2OS/c1-2-17-11-5-3-9(4-6-11)13(16-15)10-7-12(14)18-8-10/h3-8,13,16H,2,15H2,1H3. The highest BCUT2D eigenvalue weighted by Gasteiger charge is 2.13. The van der Waals surface area contributed by atoms with Gasteiger partial charge in [-0.05, 0) is 57.6 Å². The van der Waals surface area contributed by atoms with Gasteiger partial charge in [0, 0.05) is 0 Å². The maximum Gasteiger partial charge on any atom is 0.119 e. The topological polar surface area (TPSA) is 47.3 Å². The second-order valence-electron chi connectivity index (χ2n) is 3.79. The molecule has 0 saturated heterocycles. The quantitative estimate of drug-likeness (QED) is 0.653. The van der Waals surface area contributed by atoms with E-state index in [4.69, 9.17) is 10.6 Å². The number of halogens is 1. The SMILES string of the molecule is CCOc1ccc(C(NN)c2csc(Br)c2)cc1. The first-order chi connectivity index (χ1) is 8.74. The van der Waals surface area contributed by atoms with Gasteiger partial charge >= 0.3 is 0 Å². The summed E-state index contributed by atoms with van der Waals surface area (Å²) in [6.07, 6.45) is 0. The molecule has 0 spiro atoms. The summed E-state index contributed by atoms with van der Waals surface area (Å²) in [7, 11) is 0. The van der Waals surface area contributed by atoms with Crippen LogP contribution in [0.4, 0.5) is 0 Å². The van der Waals surface area contributed by atoms with Crippen LogP contribution in [0.5, 0.6) is 5.75 Å². The first kappa shape index (κ1) is 13.5. The second-order valence-corrected chi connectivity index (χ2v) is 6.08. The van der Waals surface area contributed by atoms with Gasteiger partial charge < -0.3 is 4.74 Å².